The first-order valence-electron chi connectivity index (χ1n) is 24.9. The molecule has 0 saturated carbocycles. The molecule has 70 heavy (non-hydrogen) atoms. The number of phenolic OH excluding ortho intramolecular Hbond substituents is 1. The van der Waals surface area contributed by atoms with Gasteiger partial charge in [-0.05, 0) is 111 Å². The van der Waals surface area contributed by atoms with E-state index in [4.69, 9.17) is 9.47 Å². The van der Waals surface area contributed by atoms with Crippen LogP contribution in [0.5, 0.6) is 5.75 Å². The lowest BCUT2D eigenvalue weighted by Crippen LogP contribution is -2.62. The van der Waals surface area contributed by atoms with Crippen molar-refractivity contribution in [2.24, 2.45) is 17.3 Å². The number of carbonyl (C=O) groups excluding carboxylic acids is 5. The normalized spacial score (nSPS) is 20.2. The van der Waals surface area contributed by atoms with Crippen LogP contribution in [0.1, 0.15) is 70.6 Å². The Balaban J connectivity index is 1.25. The molecule has 0 radical (unpaired) electrons. The Morgan fingerprint density at radius 1 is 1.01 bits per heavy atom. The SMILES string of the molecule is CCn1c(-c2ccccc2CCOC)c2c3cc(ccc31)-c1cc(O)cc(c1)C[C@H](NC(=O)[C@H](C(C)C)N(C)C(=O)C1CCN(C(=O)/C=C/CN(C)C)C1)C(=O)N1CCC[C@H](N1)C(=O)OCC(C)(C)C2. The highest BCUT2D eigenvalue weighted by atomic mass is 16.5. The smallest absolute Gasteiger partial charge is 0.324 e. The number of amides is 4. The van der Waals surface area contributed by atoms with Crippen LogP contribution in [0, 0.1) is 17.3 Å². The van der Waals surface area contributed by atoms with Crippen LogP contribution in [-0.4, -0.2) is 145 Å². The molecular formula is C55H73N7O8. The maximum atomic E-state index is 14.8. The van der Waals surface area contributed by atoms with Gasteiger partial charge in [-0.1, -0.05) is 70.2 Å². The molecule has 4 atom stereocenters. The third kappa shape index (κ3) is 11.8. The molecule has 376 valence electrons. The Labute approximate surface area is 413 Å². The van der Waals surface area contributed by atoms with Gasteiger partial charge < -0.3 is 39.2 Å². The van der Waals surface area contributed by atoms with Crippen molar-refractivity contribution in [3.05, 3.63) is 89.5 Å². The molecule has 7 rings (SSSR count). The monoisotopic (exact) mass is 960 g/mol. The highest BCUT2D eigenvalue weighted by Gasteiger charge is 2.40. The number of nitrogens with one attached hydrogen (secondary N) is 2. The van der Waals surface area contributed by atoms with Gasteiger partial charge >= 0.3 is 5.97 Å². The number of aromatic hydroxyl groups is 1. The lowest BCUT2D eigenvalue weighted by atomic mass is 9.83. The maximum Gasteiger partial charge on any atom is 0.324 e. The van der Waals surface area contributed by atoms with Crippen LogP contribution in [0.3, 0.4) is 0 Å². The molecule has 4 heterocycles. The van der Waals surface area contributed by atoms with Crippen molar-refractivity contribution < 1.29 is 38.6 Å². The zero-order chi connectivity index (χ0) is 50.4. The summed E-state index contributed by atoms with van der Waals surface area (Å²) in [6.45, 7) is 13.0. The number of cyclic esters (lactones) is 1. The number of hydrazine groups is 1. The summed E-state index contributed by atoms with van der Waals surface area (Å²) in [6.07, 6.45) is 6.08. The summed E-state index contributed by atoms with van der Waals surface area (Å²) in [4.78, 5) is 75.5. The van der Waals surface area contributed by atoms with E-state index in [2.05, 4.69) is 72.5 Å². The first kappa shape index (κ1) is 51.8. The van der Waals surface area contributed by atoms with E-state index < -0.39 is 47.2 Å². The largest absolute Gasteiger partial charge is 0.508 e. The number of likely N-dealkylation sites (N-methyl/N-ethyl adjacent to an activating group) is 2. The molecule has 15 nitrogen and oxygen atoms in total. The fourth-order valence-corrected chi connectivity index (χ4v) is 10.4. The minimum absolute atomic E-state index is 0.000912. The second-order valence-electron chi connectivity index (χ2n) is 20.7. The fourth-order valence-electron chi connectivity index (χ4n) is 10.4. The second kappa shape index (κ2) is 22.4. The topological polar surface area (TPSA) is 166 Å². The van der Waals surface area contributed by atoms with Crippen molar-refractivity contribution in [3.8, 4) is 28.1 Å². The Morgan fingerprint density at radius 3 is 2.51 bits per heavy atom. The average Bonchev–Trinajstić information content (AvgIpc) is 3.94. The molecular weight excluding hydrogens is 887 g/mol. The molecule has 1 unspecified atom stereocenters. The molecule has 4 aromatic rings. The summed E-state index contributed by atoms with van der Waals surface area (Å²) in [6, 6.07) is 17.1. The number of hydrogen-bond donors (Lipinski definition) is 3. The van der Waals surface area contributed by atoms with Crippen molar-refractivity contribution in [2.45, 2.75) is 97.8 Å². The summed E-state index contributed by atoms with van der Waals surface area (Å²) >= 11 is 0. The number of esters is 1. The molecule has 1 aromatic heterocycles. The first-order valence-corrected chi connectivity index (χ1v) is 24.9. The number of hydrogen-bond acceptors (Lipinski definition) is 10. The summed E-state index contributed by atoms with van der Waals surface area (Å²) in [5.41, 5.74) is 10.4. The molecule has 3 aliphatic heterocycles. The number of aryl methyl sites for hydroxylation is 1. The van der Waals surface area contributed by atoms with Crippen molar-refractivity contribution in [2.75, 3.05) is 67.6 Å². The summed E-state index contributed by atoms with van der Waals surface area (Å²) in [5.74, 6) is -2.70. The zero-order valence-electron chi connectivity index (χ0n) is 42.5. The molecule has 3 aromatic carbocycles. The number of likely N-dealkylation sites (tertiary alicyclic amines) is 1. The van der Waals surface area contributed by atoms with Gasteiger partial charge in [-0.2, -0.15) is 0 Å². The molecule has 3 aliphatic rings. The third-order valence-electron chi connectivity index (χ3n) is 13.9. The van der Waals surface area contributed by atoms with E-state index in [1.54, 1.807) is 37.3 Å². The van der Waals surface area contributed by atoms with E-state index in [0.717, 1.165) is 45.3 Å². The number of fused-ring (bicyclic) bond motifs is 6. The van der Waals surface area contributed by atoms with Gasteiger partial charge in [0.2, 0.25) is 17.7 Å². The molecule has 6 bridgehead atoms. The lowest BCUT2D eigenvalue weighted by molar-refractivity contribution is -0.155. The van der Waals surface area contributed by atoms with Gasteiger partial charge in [-0.25, -0.2) is 5.43 Å². The molecule has 2 fully saturated rings. The average molecular weight is 960 g/mol. The highest BCUT2D eigenvalue weighted by Crippen LogP contribution is 2.41. The first-order chi connectivity index (χ1) is 33.4. The van der Waals surface area contributed by atoms with Crippen LogP contribution in [0.4, 0.5) is 0 Å². The van der Waals surface area contributed by atoms with Gasteiger partial charge in [-0.15, -0.1) is 0 Å². The van der Waals surface area contributed by atoms with Gasteiger partial charge in [0.25, 0.3) is 5.91 Å². The lowest BCUT2D eigenvalue weighted by Gasteiger charge is -2.37. The van der Waals surface area contributed by atoms with Gasteiger partial charge in [-0.3, -0.25) is 29.0 Å². The predicted octanol–water partition coefficient (Wildman–Crippen LogP) is 5.99. The Hall–Kier alpha value is -6.03. The number of aromatic nitrogens is 1. The Morgan fingerprint density at radius 2 is 1.79 bits per heavy atom. The van der Waals surface area contributed by atoms with E-state index >= 15 is 0 Å². The number of nitrogens with zero attached hydrogens (tertiary/aromatic N) is 5. The number of benzene rings is 3. The number of ether oxygens (including phenoxy) is 2. The van der Waals surface area contributed by atoms with E-state index in [9.17, 15) is 29.1 Å². The van der Waals surface area contributed by atoms with Gasteiger partial charge in [0.05, 0.1) is 24.8 Å². The third-order valence-corrected chi connectivity index (χ3v) is 13.9. The molecule has 15 heteroatoms. The van der Waals surface area contributed by atoms with Crippen LogP contribution in [0.25, 0.3) is 33.3 Å². The Bertz CT molecular complexity index is 2600. The molecule has 4 amide bonds. The summed E-state index contributed by atoms with van der Waals surface area (Å²) in [5, 5.41) is 16.8. The van der Waals surface area contributed by atoms with E-state index in [-0.39, 0.29) is 49.6 Å². The van der Waals surface area contributed by atoms with Crippen molar-refractivity contribution in [1.82, 2.24) is 35.0 Å². The highest BCUT2D eigenvalue weighted by molar-refractivity contribution is 5.96. The second-order valence-corrected chi connectivity index (χ2v) is 20.7. The number of carbonyl (C=O) groups is 5. The number of methoxy groups -OCH3 is 1. The molecule has 0 aliphatic carbocycles. The van der Waals surface area contributed by atoms with E-state index in [1.165, 1.54) is 21.5 Å². The molecule has 0 spiro atoms. The van der Waals surface area contributed by atoms with Gasteiger partial charge in [0.1, 0.15) is 23.9 Å². The van der Waals surface area contributed by atoms with Crippen LogP contribution >= 0.6 is 0 Å². The molecule has 2 saturated heterocycles. The quantitative estimate of drug-likeness (QED) is 0.107. The summed E-state index contributed by atoms with van der Waals surface area (Å²) < 4.78 is 14.0. The number of phenols is 1. The van der Waals surface area contributed by atoms with Crippen molar-refractivity contribution in [1.29, 1.82) is 0 Å². The standard InChI is InChI=1S/C55H73N7O8/c1-10-61-47-20-19-38-31-43(47)44(50(61)42-16-12-11-15-37(42)22-26-69-9)32-55(4,5)34-70-54(68)45-17-13-24-62(57-45)53(67)46(29-36-27-40(38)30-41(63)28-36)56-51(65)49(35(2)3)59(8)52(66)39-21-25-60(33-39)48(64)18-14-23-58(6)7/h11-12,14-16,18-20,27-28,30-31,35,39,45-46,49,57,63H,10,13,17,21-26,29,32-34H2,1-9H3,(H,56,65)/b18-14+/t39?,45-,46-,49-/m0/s1. The minimum Gasteiger partial charge on any atom is -0.508 e. The van der Waals surface area contributed by atoms with Crippen LogP contribution in [0.2, 0.25) is 0 Å². The van der Waals surface area contributed by atoms with Crippen LogP contribution in [-0.2, 0) is 59.3 Å². The van der Waals surface area contributed by atoms with E-state index in [0.29, 0.717) is 57.5 Å². The minimum atomic E-state index is -1.16. The van der Waals surface area contributed by atoms with Crippen molar-refractivity contribution in [3.63, 3.8) is 0 Å². The van der Waals surface area contributed by atoms with Gasteiger partial charge in [0, 0.05) is 81.3 Å². The number of rotatable bonds is 13. The predicted molar refractivity (Wildman–Crippen MR) is 271 cm³/mol. The van der Waals surface area contributed by atoms with Crippen LogP contribution < -0.4 is 10.7 Å². The van der Waals surface area contributed by atoms with Gasteiger partial charge in [0.15, 0.2) is 0 Å². The van der Waals surface area contributed by atoms with Crippen molar-refractivity contribution >= 4 is 40.5 Å². The fraction of sp³-hybridized carbons (Fsp3) is 0.509. The maximum absolute atomic E-state index is 14.8. The molecule has 3 N–H and O–H groups in total. The van der Waals surface area contributed by atoms with E-state index in [1.807, 2.05) is 45.0 Å². The summed E-state index contributed by atoms with van der Waals surface area (Å²) in [7, 11) is 7.15. The zero-order valence-corrected chi connectivity index (χ0v) is 42.5. The van der Waals surface area contributed by atoms with Crippen LogP contribution in [0.15, 0.2) is 72.8 Å². The Kier molecular flexibility index (Phi) is 16.6.